The van der Waals surface area contributed by atoms with Crippen molar-refractivity contribution < 1.29 is 23.9 Å². The molecule has 3 atom stereocenters. The van der Waals surface area contributed by atoms with Gasteiger partial charge in [-0.05, 0) is 19.1 Å². The highest BCUT2D eigenvalue weighted by Gasteiger charge is 2.36. The lowest BCUT2D eigenvalue weighted by Crippen LogP contribution is -2.33. The first kappa shape index (κ1) is 14.9. The van der Waals surface area contributed by atoms with E-state index in [1.54, 1.807) is 6.92 Å². The third-order valence-corrected chi connectivity index (χ3v) is 4.73. The lowest BCUT2D eigenvalue weighted by Gasteiger charge is -2.23. The number of esters is 2. The van der Waals surface area contributed by atoms with Gasteiger partial charge in [0.05, 0.1) is 17.4 Å². The fourth-order valence-corrected chi connectivity index (χ4v) is 3.50. The predicted octanol–water partition coefficient (Wildman–Crippen LogP) is 1.74. The van der Waals surface area contributed by atoms with Crippen LogP contribution in [-0.2, 0) is 23.9 Å². The molecule has 1 saturated heterocycles. The Labute approximate surface area is 131 Å². The molecular weight excluding hydrogens is 306 g/mol. The molecule has 0 radical (unpaired) electrons. The van der Waals surface area contributed by atoms with Gasteiger partial charge in [-0.2, -0.15) is 0 Å². The molecule has 1 amide bonds. The molecule has 0 saturated carbocycles. The van der Waals surface area contributed by atoms with Gasteiger partial charge >= 0.3 is 11.9 Å². The summed E-state index contributed by atoms with van der Waals surface area (Å²) in [6, 6.07) is 7.40. The van der Waals surface area contributed by atoms with Crippen LogP contribution in [0.2, 0.25) is 0 Å². The van der Waals surface area contributed by atoms with Crippen LogP contribution in [0.4, 0.5) is 5.69 Å². The molecule has 0 aromatic heterocycles. The van der Waals surface area contributed by atoms with Gasteiger partial charge in [0.2, 0.25) is 12.0 Å². The van der Waals surface area contributed by atoms with Crippen molar-refractivity contribution in [3.63, 3.8) is 0 Å². The standard InChI is InChI=1S/C15H15NO5S/c1-8-6-10(15(19)20-8)21-13(17)7-12-14(18)16-9-4-2-3-5-11(9)22-12/h2-5,8,10,12H,6-7H2,1H3,(H,16,18)/t8-,10-,12+/m0/s1. The third kappa shape index (κ3) is 3.09. The number of thioether (sulfide) groups is 1. The normalized spacial score (nSPS) is 26.9. The van der Waals surface area contributed by atoms with E-state index < -0.39 is 23.3 Å². The van der Waals surface area contributed by atoms with E-state index in [9.17, 15) is 14.4 Å². The van der Waals surface area contributed by atoms with Crippen LogP contribution < -0.4 is 5.32 Å². The van der Waals surface area contributed by atoms with E-state index in [0.717, 1.165) is 10.6 Å². The van der Waals surface area contributed by atoms with Crippen molar-refractivity contribution in [2.75, 3.05) is 5.32 Å². The van der Waals surface area contributed by atoms with Crippen molar-refractivity contribution >= 4 is 35.3 Å². The minimum atomic E-state index is -0.855. The zero-order valence-electron chi connectivity index (χ0n) is 11.9. The highest BCUT2D eigenvalue weighted by Crippen LogP contribution is 2.36. The molecule has 2 heterocycles. The minimum Gasteiger partial charge on any atom is -0.460 e. The second-order valence-electron chi connectivity index (χ2n) is 5.26. The average molecular weight is 321 g/mol. The van der Waals surface area contributed by atoms with E-state index in [-0.39, 0.29) is 18.4 Å². The number of hydrogen-bond donors (Lipinski definition) is 1. The molecular formula is C15H15NO5S. The van der Waals surface area contributed by atoms with Crippen LogP contribution in [-0.4, -0.2) is 35.3 Å². The summed E-state index contributed by atoms with van der Waals surface area (Å²) in [7, 11) is 0. The molecule has 1 fully saturated rings. The van der Waals surface area contributed by atoms with Gasteiger partial charge in [0, 0.05) is 11.3 Å². The van der Waals surface area contributed by atoms with Crippen LogP contribution in [0, 0.1) is 0 Å². The molecule has 6 nitrogen and oxygen atoms in total. The molecule has 7 heteroatoms. The summed E-state index contributed by atoms with van der Waals surface area (Å²) in [5, 5.41) is 2.21. The molecule has 0 bridgehead atoms. The minimum absolute atomic E-state index is 0.0804. The number of nitrogens with one attached hydrogen (secondary N) is 1. The average Bonchev–Trinajstić information content (AvgIpc) is 2.77. The quantitative estimate of drug-likeness (QED) is 0.854. The van der Waals surface area contributed by atoms with Crippen molar-refractivity contribution in [1.29, 1.82) is 0 Å². The first-order valence-electron chi connectivity index (χ1n) is 6.99. The van der Waals surface area contributed by atoms with Crippen LogP contribution in [0.5, 0.6) is 0 Å². The summed E-state index contributed by atoms with van der Waals surface area (Å²) in [4.78, 5) is 36.3. The molecule has 0 unspecified atom stereocenters. The van der Waals surface area contributed by atoms with Crippen molar-refractivity contribution in [1.82, 2.24) is 0 Å². The highest BCUT2D eigenvalue weighted by molar-refractivity contribution is 8.01. The monoisotopic (exact) mass is 321 g/mol. The van der Waals surface area contributed by atoms with E-state index in [1.807, 2.05) is 24.3 Å². The number of anilines is 1. The van der Waals surface area contributed by atoms with Crippen LogP contribution in [0.1, 0.15) is 19.8 Å². The van der Waals surface area contributed by atoms with Gasteiger partial charge in [-0.3, -0.25) is 9.59 Å². The lowest BCUT2D eigenvalue weighted by atomic mass is 10.2. The van der Waals surface area contributed by atoms with E-state index in [1.165, 1.54) is 11.8 Å². The fraction of sp³-hybridized carbons (Fsp3) is 0.400. The first-order chi connectivity index (χ1) is 10.5. The number of rotatable bonds is 3. The van der Waals surface area contributed by atoms with Gasteiger partial charge in [-0.15, -0.1) is 11.8 Å². The number of cyclic esters (lactones) is 1. The lowest BCUT2D eigenvalue weighted by molar-refractivity contribution is -0.161. The SMILES string of the molecule is C[C@H]1C[C@H](OC(=O)C[C@H]2Sc3ccccc3NC2=O)C(=O)O1. The Balaban J connectivity index is 1.60. The summed E-state index contributed by atoms with van der Waals surface area (Å²) in [6.45, 7) is 1.74. The summed E-state index contributed by atoms with van der Waals surface area (Å²) >= 11 is 1.32. The Morgan fingerprint density at radius 2 is 2.18 bits per heavy atom. The van der Waals surface area contributed by atoms with E-state index >= 15 is 0 Å². The number of fused-ring (bicyclic) bond motifs is 1. The first-order valence-corrected chi connectivity index (χ1v) is 7.87. The Bertz CT molecular complexity index is 632. The van der Waals surface area contributed by atoms with Gasteiger partial charge in [-0.25, -0.2) is 4.79 Å². The molecule has 0 aliphatic carbocycles. The molecule has 1 aromatic carbocycles. The topological polar surface area (TPSA) is 81.7 Å². The van der Waals surface area contributed by atoms with E-state index in [4.69, 9.17) is 9.47 Å². The number of hydrogen-bond acceptors (Lipinski definition) is 6. The smallest absolute Gasteiger partial charge is 0.347 e. The van der Waals surface area contributed by atoms with Gasteiger partial charge < -0.3 is 14.8 Å². The second kappa shape index (κ2) is 6.00. The number of carbonyl (C=O) groups excluding carboxylic acids is 3. The Hall–Kier alpha value is -2.02. The zero-order valence-corrected chi connectivity index (χ0v) is 12.7. The van der Waals surface area contributed by atoms with Crippen molar-refractivity contribution in [3.8, 4) is 0 Å². The zero-order chi connectivity index (χ0) is 15.7. The maximum absolute atomic E-state index is 12.0. The molecule has 3 rings (SSSR count). The molecule has 116 valence electrons. The molecule has 0 spiro atoms. The summed E-state index contributed by atoms with van der Waals surface area (Å²) < 4.78 is 10.1. The number of carbonyl (C=O) groups is 3. The van der Waals surface area contributed by atoms with Gasteiger partial charge in [0.15, 0.2) is 0 Å². The van der Waals surface area contributed by atoms with Gasteiger partial charge in [0.1, 0.15) is 6.10 Å². The number of amides is 1. The molecule has 22 heavy (non-hydrogen) atoms. The second-order valence-corrected chi connectivity index (χ2v) is 6.50. The Morgan fingerprint density at radius 3 is 2.91 bits per heavy atom. The highest BCUT2D eigenvalue weighted by atomic mass is 32.2. The van der Waals surface area contributed by atoms with Crippen LogP contribution in [0.15, 0.2) is 29.2 Å². The van der Waals surface area contributed by atoms with Crippen molar-refractivity contribution in [2.45, 2.75) is 42.1 Å². The fourth-order valence-electron chi connectivity index (χ4n) is 2.40. The van der Waals surface area contributed by atoms with Crippen molar-refractivity contribution in [2.24, 2.45) is 0 Å². The predicted molar refractivity (Wildman–Crippen MR) is 79.4 cm³/mol. The van der Waals surface area contributed by atoms with Crippen molar-refractivity contribution in [3.05, 3.63) is 24.3 Å². The number of para-hydroxylation sites is 1. The number of benzene rings is 1. The molecule has 2 aliphatic rings. The van der Waals surface area contributed by atoms with E-state index in [0.29, 0.717) is 6.42 Å². The summed E-state index contributed by atoms with van der Waals surface area (Å²) in [5.41, 5.74) is 0.746. The number of ether oxygens (including phenoxy) is 2. The van der Waals surface area contributed by atoms with Crippen LogP contribution in [0.25, 0.3) is 0 Å². The molecule has 1 aromatic rings. The molecule has 2 aliphatic heterocycles. The van der Waals surface area contributed by atoms with Gasteiger partial charge in [-0.1, -0.05) is 12.1 Å². The maximum atomic E-state index is 12.0. The summed E-state index contributed by atoms with van der Waals surface area (Å²) in [5.74, 6) is -1.32. The van der Waals surface area contributed by atoms with Crippen LogP contribution in [0.3, 0.4) is 0 Å². The summed E-state index contributed by atoms with van der Waals surface area (Å²) in [6.07, 6.45) is -0.823. The largest absolute Gasteiger partial charge is 0.460 e. The van der Waals surface area contributed by atoms with Crippen LogP contribution >= 0.6 is 11.8 Å². The molecule has 1 N–H and O–H groups in total. The Kier molecular flexibility index (Phi) is 4.06. The third-order valence-electron chi connectivity index (χ3n) is 3.46. The Morgan fingerprint density at radius 1 is 1.41 bits per heavy atom. The maximum Gasteiger partial charge on any atom is 0.347 e. The van der Waals surface area contributed by atoms with Gasteiger partial charge in [0.25, 0.3) is 0 Å². The van der Waals surface area contributed by atoms with E-state index in [2.05, 4.69) is 5.32 Å².